The van der Waals surface area contributed by atoms with Crippen LogP contribution in [0.1, 0.15) is 0 Å². The predicted octanol–water partition coefficient (Wildman–Crippen LogP) is 2.64. The van der Waals surface area contributed by atoms with Gasteiger partial charge < -0.3 is 4.98 Å². The summed E-state index contributed by atoms with van der Waals surface area (Å²) in [5.74, 6) is -1.92. The number of sulfone groups is 1. The molecule has 0 saturated heterocycles. The van der Waals surface area contributed by atoms with Crippen LogP contribution in [0.25, 0.3) is 10.9 Å². The second-order valence-electron chi connectivity index (χ2n) is 4.61. The van der Waals surface area contributed by atoms with Crippen molar-refractivity contribution in [2.24, 2.45) is 0 Å². The molecule has 1 N–H and O–H groups in total. The van der Waals surface area contributed by atoms with Crippen molar-refractivity contribution in [3.63, 3.8) is 0 Å². The van der Waals surface area contributed by atoms with Crippen LogP contribution in [0.2, 0.25) is 0 Å². The molecule has 0 fully saturated rings. The van der Waals surface area contributed by atoms with Crippen LogP contribution >= 0.6 is 0 Å². The number of hydrogen-bond acceptors (Lipinski definition) is 3. The van der Waals surface area contributed by atoms with Crippen LogP contribution < -0.4 is 5.43 Å². The minimum absolute atomic E-state index is 0.0725. The first kappa shape index (κ1) is 14.4. The molecule has 3 rings (SSSR count). The van der Waals surface area contributed by atoms with E-state index in [0.29, 0.717) is 6.07 Å². The molecule has 2 aromatic carbocycles. The molecule has 0 unspecified atom stereocenters. The minimum Gasteiger partial charge on any atom is -0.357 e. The largest absolute Gasteiger partial charge is 0.357 e. The molecule has 22 heavy (non-hydrogen) atoms. The number of aromatic amines is 1. The Labute approximate surface area is 124 Å². The van der Waals surface area contributed by atoms with Crippen molar-refractivity contribution in [2.45, 2.75) is 9.79 Å². The predicted molar refractivity (Wildman–Crippen MR) is 76.4 cm³/mol. The first-order valence-corrected chi connectivity index (χ1v) is 7.70. The molecule has 4 nitrogen and oxygen atoms in total. The maximum atomic E-state index is 13.6. The van der Waals surface area contributed by atoms with E-state index in [0.717, 1.165) is 12.3 Å². The summed E-state index contributed by atoms with van der Waals surface area (Å²) in [6.07, 6.45) is 0.925. The highest BCUT2D eigenvalue weighted by molar-refractivity contribution is 7.91. The highest BCUT2D eigenvalue weighted by Gasteiger charge is 2.23. The van der Waals surface area contributed by atoms with Gasteiger partial charge in [-0.15, -0.1) is 0 Å². The van der Waals surface area contributed by atoms with Gasteiger partial charge >= 0.3 is 0 Å². The first-order valence-electron chi connectivity index (χ1n) is 6.22. The maximum absolute atomic E-state index is 13.6. The van der Waals surface area contributed by atoms with Crippen molar-refractivity contribution in [3.8, 4) is 0 Å². The van der Waals surface area contributed by atoms with Gasteiger partial charge in [0.1, 0.15) is 16.5 Å². The zero-order chi connectivity index (χ0) is 15.9. The Morgan fingerprint density at radius 1 is 1.00 bits per heavy atom. The summed E-state index contributed by atoms with van der Waals surface area (Å²) >= 11 is 0. The lowest BCUT2D eigenvalue weighted by atomic mass is 10.2. The average molecular weight is 321 g/mol. The Hall–Kier alpha value is -2.54. The van der Waals surface area contributed by atoms with Gasteiger partial charge in [0, 0.05) is 12.3 Å². The molecule has 7 heteroatoms. The summed E-state index contributed by atoms with van der Waals surface area (Å²) in [5.41, 5.74) is -1.19. The second kappa shape index (κ2) is 5.03. The molecule has 0 aliphatic carbocycles. The number of aromatic nitrogens is 1. The van der Waals surface area contributed by atoms with E-state index in [2.05, 4.69) is 4.98 Å². The lowest BCUT2D eigenvalue weighted by molar-refractivity contribution is 0.587. The third kappa shape index (κ3) is 2.19. The van der Waals surface area contributed by atoms with Crippen LogP contribution in [-0.2, 0) is 9.84 Å². The molecule has 0 saturated carbocycles. The normalized spacial score (nSPS) is 11.7. The van der Waals surface area contributed by atoms with Crippen LogP contribution in [0.3, 0.4) is 0 Å². The van der Waals surface area contributed by atoms with Crippen molar-refractivity contribution in [2.75, 3.05) is 0 Å². The number of pyridine rings is 1. The fraction of sp³-hybridized carbons (Fsp3) is 0. The van der Waals surface area contributed by atoms with Gasteiger partial charge in [-0.3, -0.25) is 4.79 Å². The average Bonchev–Trinajstić information content (AvgIpc) is 2.49. The Kier molecular flexibility index (Phi) is 3.29. The van der Waals surface area contributed by atoms with E-state index < -0.39 is 31.8 Å². The van der Waals surface area contributed by atoms with E-state index in [-0.39, 0.29) is 15.8 Å². The van der Waals surface area contributed by atoms with Gasteiger partial charge in [0.15, 0.2) is 0 Å². The molecular formula is C15H9F2NO3S. The molecule has 3 aromatic rings. The van der Waals surface area contributed by atoms with Gasteiger partial charge in [0.25, 0.3) is 0 Å². The summed E-state index contributed by atoms with van der Waals surface area (Å²) in [6.45, 7) is 0. The number of nitrogens with one attached hydrogen (secondary N) is 1. The van der Waals surface area contributed by atoms with Crippen LogP contribution in [0.5, 0.6) is 0 Å². The van der Waals surface area contributed by atoms with Crippen molar-refractivity contribution < 1.29 is 17.2 Å². The molecule has 0 bridgehead atoms. The highest BCUT2D eigenvalue weighted by Crippen LogP contribution is 2.21. The van der Waals surface area contributed by atoms with Crippen LogP contribution in [0.4, 0.5) is 8.78 Å². The molecule has 1 aromatic heterocycles. The van der Waals surface area contributed by atoms with E-state index in [1.54, 1.807) is 6.07 Å². The van der Waals surface area contributed by atoms with Crippen molar-refractivity contribution in [1.29, 1.82) is 0 Å². The lowest BCUT2D eigenvalue weighted by Gasteiger charge is -2.06. The van der Waals surface area contributed by atoms with Crippen molar-refractivity contribution in [3.05, 3.63) is 70.5 Å². The third-order valence-corrected chi connectivity index (χ3v) is 4.99. The zero-order valence-electron chi connectivity index (χ0n) is 11.0. The Balaban J connectivity index is 2.34. The van der Waals surface area contributed by atoms with E-state index in [9.17, 15) is 22.0 Å². The lowest BCUT2D eigenvalue weighted by Crippen LogP contribution is -2.16. The molecule has 1 heterocycles. The van der Waals surface area contributed by atoms with Gasteiger partial charge in [0.2, 0.25) is 15.3 Å². The van der Waals surface area contributed by atoms with Crippen LogP contribution in [0.15, 0.2) is 63.2 Å². The summed E-state index contributed by atoms with van der Waals surface area (Å²) < 4.78 is 51.8. The standard InChI is InChI=1S/C15H9F2NO3S/c16-9-6-11-14(12(17)7-9)18-8-13(15(11)19)22(20,21)10-4-2-1-3-5-10/h1-8H,(H,18,19). The SMILES string of the molecule is O=c1c(S(=O)(=O)c2ccccc2)c[nH]c2c(F)cc(F)cc12. The quantitative estimate of drug-likeness (QED) is 0.789. The molecule has 0 spiro atoms. The molecule has 0 amide bonds. The summed E-state index contributed by atoms with van der Waals surface area (Å²) in [4.78, 5) is 14.1. The smallest absolute Gasteiger partial charge is 0.211 e. The molecule has 0 atom stereocenters. The number of rotatable bonds is 2. The van der Waals surface area contributed by atoms with Gasteiger partial charge in [-0.05, 0) is 18.2 Å². The maximum Gasteiger partial charge on any atom is 0.211 e. The highest BCUT2D eigenvalue weighted by atomic mass is 32.2. The number of hydrogen-bond donors (Lipinski definition) is 1. The second-order valence-corrected chi connectivity index (χ2v) is 6.53. The third-order valence-electron chi connectivity index (χ3n) is 3.21. The van der Waals surface area contributed by atoms with E-state index >= 15 is 0 Å². The summed E-state index contributed by atoms with van der Waals surface area (Å²) in [7, 11) is -4.08. The fourth-order valence-electron chi connectivity index (χ4n) is 2.16. The molecular weight excluding hydrogens is 312 g/mol. The van der Waals surface area contributed by atoms with E-state index in [1.807, 2.05) is 0 Å². The molecule has 0 aliphatic rings. The summed E-state index contributed by atoms with van der Waals surface area (Å²) in [6, 6.07) is 8.76. The Morgan fingerprint density at radius 3 is 2.36 bits per heavy atom. The Bertz CT molecular complexity index is 1030. The monoisotopic (exact) mass is 321 g/mol. The molecule has 0 aliphatic heterocycles. The number of fused-ring (bicyclic) bond motifs is 1. The molecule has 112 valence electrons. The number of H-pyrrole nitrogens is 1. The van der Waals surface area contributed by atoms with Gasteiger partial charge in [0.05, 0.1) is 15.8 Å². The van der Waals surface area contributed by atoms with Crippen LogP contribution in [0, 0.1) is 11.6 Å². The molecule has 0 radical (unpaired) electrons. The summed E-state index contributed by atoms with van der Waals surface area (Å²) in [5, 5.41) is -0.352. The first-order chi connectivity index (χ1) is 10.4. The minimum atomic E-state index is -4.08. The topological polar surface area (TPSA) is 67.0 Å². The van der Waals surface area contributed by atoms with Crippen molar-refractivity contribution in [1.82, 2.24) is 4.98 Å². The number of benzene rings is 2. The van der Waals surface area contributed by atoms with Gasteiger partial charge in [-0.25, -0.2) is 17.2 Å². The van der Waals surface area contributed by atoms with Gasteiger partial charge in [-0.2, -0.15) is 0 Å². The zero-order valence-corrected chi connectivity index (χ0v) is 11.8. The van der Waals surface area contributed by atoms with Gasteiger partial charge in [-0.1, -0.05) is 18.2 Å². The van der Waals surface area contributed by atoms with E-state index in [4.69, 9.17) is 0 Å². The van der Waals surface area contributed by atoms with Crippen molar-refractivity contribution >= 4 is 20.7 Å². The Morgan fingerprint density at radius 2 is 1.68 bits per heavy atom. The van der Waals surface area contributed by atoms with Crippen LogP contribution in [-0.4, -0.2) is 13.4 Å². The number of halogens is 2. The van der Waals surface area contributed by atoms with E-state index in [1.165, 1.54) is 24.3 Å². The fourth-order valence-corrected chi connectivity index (χ4v) is 3.50.